The van der Waals surface area contributed by atoms with Gasteiger partial charge in [-0.2, -0.15) is 0 Å². The first-order valence-electron chi connectivity index (χ1n) is 7.73. The van der Waals surface area contributed by atoms with Crippen LogP contribution in [0.25, 0.3) is 0 Å². The minimum absolute atomic E-state index is 0.0769. The van der Waals surface area contributed by atoms with E-state index in [1.54, 1.807) is 6.07 Å². The fraction of sp³-hybridized carbons (Fsp3) is 0.647. The second-order valence-corrected chi connectivity index (χ2v) is 7.22. The Morgan fingerprint density at radius 2 is 2.00 bits per heavy atom. The highest BCUT2D eigenvalue weighted by atomic mass is 79.9. The zero-order valence-electron chi connectivity index (χ0n) is 12.5. The van der Waals surface area contributed by atoms with E-state index in [0.717, 1.165) is 28.9 Å². The van der Waals surface area contributed by atoms with Crippen molar-refractivity contribution in [3.63, 3.8) is 0 Å². The van der Waals surface area contributed by atoms with E-state index in [1.165, 1.54) is 25.7 Å². The lowest BCUT2D eigenvalue weighted by Crippen LogP contribution is -2.33. The van der Waals surface area contributed by atoms with Crippen LogP contribution in [0.4, 0.5) is 4.39 Å². The van der Waals surface area contributed by atoms with E-state index in [9.17, 15) is 4.39 Å². The molecule has 0 saturated heterocycles. The van der Waals surface area contributed by atoms with Gasteiger partial charge in [-0.1, -0.05) is 61.5 Å². The van der Waals surface area contributed by atoms with Crippen molar-refractivity contribution in [3.05, 3.63) is 34.1 Å². The molecule has 112 valence electrons. The molecule has 20 heavy (non-hydrogen) atoms. The van der Waals surface area contributed by atoms with E-state index in [1.807, 2.05) is 12.1 Å². The van der Waals surface area contributed by atoms with Gasteiger partial charge in [0.1, 0.15) is 5.82 Å². The van der Waals surface area contributed by atoms with Crippen molar-refractivity contribution < 1.29 is 4.39 Å². The van der Waals surface area contributed by atoms with Crippen LogP contribution in [0.1, 0.15) is 45.1 Å². The van der Waals surface area contributed by atoms with Gasteiger partial charge in [0.2, 0.25) is 0 Å². The van der Waals surface area contributed by atoms with Gasteiger partial charge in [-0.3, -0.25) is 0 Å². The van der Waals surface area contributed by atoms with Gasteiger partial charge < -0.3 is 5.32 Å². The van der Waals surface area contributed by atoms with Crippen molar-refractivity contribution in [1.29, 1.82) is 0 Å². The summed E-state index contributed by atoms with van der Waals surface area (Å²) in [5.74, 6) is 1.23. The molecule has 1 nitrogen and oxygen atoms in total. The molecule has 1 fully saturated rings. The number of halogens is 2. The third-order valence-electron chi connectivity index (χ3n) is 4.35. The van der Waals surface area contributed by atoms with Crippen molar-refractivity contribution in [2.75, 3.05) is 6.54 Å². The highest BCUT2D eigenvalue weighted by Gasteiger charge is 2.26. The molecule has 1 aromatic rings. The van der Waals surface area contributed by atoms with Crippen LogP contribution < -0.4 is 5.32 Å². The molecule has 0 spiro atoms. The molecule has 0 aromatic heterocycles. The Morgan fingerprint density at radius 1 is 1.30 bits per heavy atom. The molecule has 0 bridgehead atoms. The zero-order chi connectivity index (χ0) is 14.5. The second-order valence-electron chi connectivity index (χ2n) is 6.31. The maximum Gasteiger partial charge on any atom is 0.127 e. The molecule has 0 amide bonds. The molecular formula is C17H25BrFN. The minimum Gasteiger partial charge on any atom is -0.314 e. The van der Waals surface area contributed by atoms with Crippen LogP contribution in [-0.2, 0) is 6.42 Å². The molecule has 0 aliphatic heterocycles. The van der Waals surface area contributed by atoms with Gasteiger partial charge in [-0.15, -0.1) is 0 Å². The molecule has 2 rings (SSSR count). The molecule has 1 N–H and O–H groups in total. The van der Waals surface area contributed by atoms with Crippen molar-refractivity contribution >= 4 is 15.9 Å². The Hall–Kier alpha value is -0.410. The van der Waals surface area contributed by atoms with E-state index in [4.69, 9.17) is 0 Å². The molecular weight excluding hydrogens is 317 g/mol. The molecule has 1 aliphatic carbocycles. The largest absolute Gasteiger partial charge is 0.314 e. The van der Waals surface area contributed by atoms with Gasteiger partial charge in [-0.05, 0) is 42.5 Å². The summed E-state index contributed by atoms with van der Waals surface area (Å²) in [6.45, 7) is 5.34. The van der Waals surface area contributed by atoms with Gasteiger partial charge in [0, 0.05) is 10.5 Å². The van der Waals surface area contributed by atoms with Gasteiger partial charge in [0.25, 0.3) is 0 Å². The van der Waals surface area contributed by atoms with E-state index in [0.29, 0.717) is 12.0 Å². The normalized spacial score (nSPS) is 17.9. The zero-order valence-corrected chi connectivity index (χ0v) is 14.0. The van der Waals surface area contributed by atoms with Crippen molar-refractivity contribution in [3.8, 4) is 0 Å². The van der Waals surface area contributed by atoms with Crippen molar-refractivity contribution in [2.45, 2.75) is 52.0 Å². The molecule has 1 atom stereocenters. The van der Waals surface area contributed by atoms with Gasteiger partial charge in [-0.25, -0.2) is 4.39 Å². The minimum atomic E-state index is -0.0769. The number of hydrogen-bond acceptors (Lipinski definition) is 1. The van der Waals surface area contributed by atoms with E-state index >= 15 is 0 Å². The monoisotopic (exact) mass is 341 g/mol. The van der Waals surface area contributed by atoms with Crippen LogP contribution in [-0.4, -0.2) is 12.6 Å². The van der Waals surface area contributed by atoms with Crippen LogP contribution in [0, 0.1) is 17.7 Å². The molecule has 1 aliphatic rings. The SMILES string of the molecule is CC(C)NCC(Cc1ccc(Br)cc1F)C1CCCC1. The second kappa shape index (κ2) is 7.56. The van der Waals surface area contributed by atoms with E-state index < -0.39 is 0 Å². The predicted octanol–water partition coefficient (Wildman–Crippen LogP) is 4.94. The molecule has 3 heteroatoms. The lowest BCUT2D eigenvalue weighted by Gasteiger charge is -2.25. The Balaban J connectivity index is 2.05. The first-order valence-corrected chi connectivity index (χ1v) is 8.53. The van der Waals surface area contributed by atoms with Gasteiger partial charge in [0.05, 0.1) is 0 Å². The Bertz CT molecular complexity index is 427. The van der Waals surface area contributed by atoms with Crippen LogP contribution in [0.2, 0.25) is 0 Å². The fourth-order valence-electron chi connectivity index (χ4n) is 3.19. The lowest BCUT2D eigenvalue weighted by molar-refractivity contribution is 0.310. The summed E-state index contributed by atoms with van der Waals surface area (Å²) in [7, 11) is 0. The standard InChI is InChI=1S/C17H25BrFN/c1-12(2)20-11-15(13-5-3-4-6-13)9-14-7-8-16(18)10-17(14)19/h7-8,10,12-13,15,20H,3-6,9,11H2,1-2H3. The highest BCUT2D eigenvalue weighted by molar-refractivity contribution is 9.10. The molecule has 0 radical (unpaired) electrons. The summed E-state index contributed by atoms with van der Waals surface area (Å²) in [4.78, 5) is 0. The number of rotatable bonds is 6. The number of benzene rings is 1. The summed E-state index contributed by atoms with van der Waals surface area (Å²) >= 11 is 3.33. The third-order valence-corrected chi connectivity index (χ3v) is 4.85. The van der Waals surface area contributed by atoms with Crippen LogP contribution in [0.15, 0.2) is 22.7 Å². The Labute approximate surface area is 130 Å². The lowest BCUT2D eigenvalue weighted by atomic mass is 9.85. The Morgan fingerprint density at radius 3 is 2.60 bits per heavy atom. The van der Waals surface area contributed by atoms with E-state index in [2.05, 4.69) is 35.1 Å². The summed E-state index contributed by atoms with van der Waals surface area (Å²) in [5, 5.41) is 3.54. The maximum atomic E-state index is 14.0. The smallest absolute Gasteiger partial charge is 0.127 e. The summed E-state index contributed by atoms with van der Waals surface area (Å²) in [6.07, 6.45) is 6.14. The molecule has 0 heterocycles. The summed E-state index contributed by atoms with van der Waals surface area (Å²) in [5.41, 5.74) is 0.857. The van der Waals surface area contributed by atoms with Gasteiger partial charge in [0.15, 0.2) is 0 Å². The number of hydrogen-bond donors (Lipinski definition) is 1. The fourth-order valence-corrected chi connectivity index (χ4v) is 3.52. The first kappa shape index (κ1) is 16.0. The van der Waals surface area contributed by atoms with Crippen molar-refractivity contribution in [1.82, 2.24) is 5.32 Å². The van der Waals surface area contributed by atoms with Gasteiger partial charge >= 0.3 is 0 Å². The third kappa shape index (κ3) is 4.56. The van der Waals surface area contributed by atoms with Crippen LogP contribution >= 0.6 is 15.9 Å². The molecule has 1 saturated carbocycles. The quantitative estimate of drug-likeness (QED) is 0.772. The van der Waals surface area contributed by atoms with Crippen molar-refractivity contribution in [2.24, 2.45) is 11.8 Å². The molecule has 1 aromatic carbocycles. The summed E-state index contributed by atoms with van der Waals surface area (Å²) < 4.78 is 14.9. The van der Waals surface area contributed by atoms with Crippen LogP contribution in [0.3, 0.4) is 0 Å². The average Bonchev–Trinajstić information content (AvgIpc) is 2.90. The maximum absolute atomic E-state index is 14.0. The molecule has 1 unspecified atom stereocenters. The average molecular weight is 342 g/mol. The predicted molar refractivity (Wildman–Crippen MR) is 86.4 cm³/mol. The highest BCUT2D eigenvalue weighted by Crippen LogP contribution is 2.33. The van der Waals surface area contributed by atoms with E-state index in [-0.39, 0.29) is 5.82 Å². The van der Waals surface area contributed by atoms with Crippen LogP contribution in [0.5, 0.6) is 0 Å². The summed E-state index contributed by atoms with van der Waals surface area (Å²) in [6, 6.07) is 5.95. The first-order chi connectivity index (χ1) is 9.56. The Kier molecular flexibility index (Phi) is 6.03. The number of nitrogens with one attached hydrogen (secondary N) is 1. The topological polar surface area (TPSA) is 12.0 Å².